The molecule has 0 saturated heterocycles. The van der Waals surface area contributed by atoms with Gasteiger partial charge in [-0.1, -0.05) is 0 Å². The average molecular weight is 241 g/mol. The zero-order chi connectivity index (χ0) is 12.1. The first-order chi connectivity index (χ1) is 8.83. The first-order valence-corrected chi connectivity index (χ1v) is 5.22. The number of anilines is 1. The van der Waals surface area contributed by atoms with Gasteiger partial charge >= 0.3 is 0 Å². The fourth-order valence-electron chi connectivity index (χ4n) is 1.84. The number of aromatic amines is 1. The Bertz CT molecular complexity index is 842. The first kappa shape index (κ1) is 9.16. The monoisotopic (exact) mass is 241 g/mol. The van der Waals surface area contributed by atoms with Crippen LogP contribution in [0.15, 0.2) is 29.1 Å². The number of H-pyrrole nitrogens is 1. The Kier molecular flexibility index (Phi) is 1.56. The van der Waals surface area contributed by atoms with Crippen LogP contribution in [0.3, 0.4) is 0 Å². The van der Waals surface area contributed by atoms with Gasteiger partial charge in [0.05, 0.1) is 12.6 Å². The van der Waals surface area contributed by atoms with Gasteiger partial charge in [0.15, 0.2) is 17.1 Å². The molecule has 0 unspecified atom stereocenters. The Morgan fingerprint density at radius 2 is 2.28 bits per heavy atom. The number of nitrogens with zero attached hydrogens (tertiary/aromatic N) is 5. The number of hydrogen-bond donors (Lipinski definition) is 2. The molecule has 0 fully saturated rings. The van der Waals surface area contributed by atoms with Gasteiger partial charge in [-0.2, -0.15) is 9.50 Å². The van der Waals surface area contributed by atoms with Gasteiger partial charge in [0, 0.05) is 0 Å². The molecular formula is C10H7N7O. The molecule has 0 aliphatic rings. The van der Waals surface area contributed by atoms with Gasteiger partial charge in [0.1, 0.15) is 5.52 Å². The minimum Gasteiger partial charge on any atom is -0.461 e. The molecule has 0 atom stereocenters. The number of fused-ring (bicyclic) bond motifs is 3. The van der Waals surface area contributed by atoms with Gasteiger partial charge in [0.25, 0.3) is 0 Å². The van der Waals surface area contributed by atoms with Gasteiger partial charge in [-0.3, -0.25) is 0 Å². The lowest BCUT2D eigenvalue weighted by molar-refractivity contribution is 0.577. The third-order valence-corrected chi connectivity index (χ3v) is 2.63. The van der Waals surface area contributed by atoms with E-state index in [-0.39, 0.29) is 5.95 Å². The van der Waals surface area contributed by atoms with E-state index < -0.39 is 0 Å². The molecule has 8 heteroatoms. The number of hydrogen-bond acceptors (Lipinski definition) is 6. The molecule has 0 aromatic carbocycles. The van der Waals surface area contributed by atoms with Crippen LogP contribution in [0.4, 0.5) is 5.95 Å². The van der Waals surface area contributed by atoms with Crippen molar-refractivity contribution in [3.63, 3.8) is 0 Å². The third kappa shape index (κ3) is 1.08. The number of aromatic nitrogens is 6. The molecule has 3 N–H and O–H groups in total. The van der Waals surface area contributed by atoms with Crippen LogP contribution in [0.2, 0.25) is 0 Å². The van der Waals surface area contributed by atoms with E-state index in [0.717, 1.165) is 0 Å². The largest absolute Gasteiger partial charge is 0.461 e. The van der Waals surface area contributed by atoms with E-state index in [4.69, 9.17) is 10.2 Å². The molecule has 0 aliphatic heterocycles. The molecule has 0 radical (unpaired) electrons. The Balaban J connectivity index is 2.13. The summed E-state index contributed by atoms with van der Waals surface area (Å²) in [5.74, 6) is 1.26. The minimum atomic E-state index is 0.231. The molecule has 0 spiro atoms. The van der Waals surface area contributed by atoms with Crippen molar-refractivity contribution in [3.05, 3.63) is 24.7 Å². The Morgan fingerprint density at radius 1 is 1.33 bits per heavy atom. The summed E-state index contributed by atoms with van der Waals surface area (Å²) in [6.45, 7) is 0. The number of furan rings is 1. The first-order valence-electron chi connectivity index (χ1n) is 5.22. The average Bonchev–Trinajstić information content (AvgIpc) is 3.08. The SMILES string of the molecule is Nc1nc2nc[nH]c2c2nc(-c3ccco3)nn12. The van der Waals surface area contributed by atoms with E-state index in [1.165, 1.54) is 4.52 Å². The second-order valence-electron chi connectivity index (χ2n) is 3.72. The summed E-state index contributed by atoms with van der Waals surface area (Å²) in [5.41, 5.74) is 7.59. The normalized spacial score (nSPS) is 11.6. The lowest BCUT2D eigenvalue weighted by Gasteiger charge is -1.95. The maximum Gasteiger partial charge on any atom is 0.225 e. The van der Waals surface area contributed by atoms with E-state index in [2.05, 4.69) is 25.0 Å². The smallest absolute Gasteiger partial charge is 0.225 e. The van der Waals surface area contributed by atoms with Crippen LogP contribution in [0.25, 0.3) is 28.4 Å². The summed E-state index contributed by atoms with van der Waals surface area (Å²) in [5, 5.41) is 4.26. The Labute approximate surface area is 99.5 Å². The van der Waals surface area contributed by atoms with Gasteiger partial charge < -0.3 is 15.1 Å². The fraction of sp³-hybridized carbons (Fsp3) is 0. The van der Waals surface area contributed by atoms with Crippen LogP contribution in [0, 0.1) is 0 Å². The molecule has 4 heterocycles. The van der Waals surface area contributed by atoms with Crippen LogP contribution < -0.4 is 5.73 Å². The molecule has 0 amide bonds. The maximum atomic E-state index is 5.81. The summed E-state index contributed by atoms with van der Waals surface area (Å²) in [4.78, 5) is 15.5. The van der Waals surface area contributed by atoms with E-state index >= 15 is 0 Å². The van der Waals surface area contributed by atoms with Gasteiger partial charge in [-0.15, -0.1) is 5.10 Å². The van der Waals surface area contributed by atoms with Crippen molar-refractivity contribution >= 4 is 22.8 Å². The zero-order valence-electron chi connectivity index (χ0n) is 9.03. The molecule has 0 saturated carbocycles. The van der Waals surface area contributed by atoms with Crippen molar-refractivity contribution in [2.45, 2.75) is 0 Å². The second-order valence-corrected chi connectivity index (χ2v) is 3.72. The van der Waals surface area contributed by atoms with Crippen molar-refractivity contribution in [2.75, 3.05) is 5.73 Å². The predicted molar refractivity (Wildman–Crippen MR) is 62.5 cm³/mol. The lowest BCUT2D eigenvalue weighted by atomic mass is 10.4. The van der Waals surface area contributed by atoms with Crippen LogP contribution in [0.5, 0.6) is 0 Å². The second kappa shape index (κ2) is 3.06. The van der Waals surface area contributed by atoms with Crippen molar-refractivity contribution in [3.8, 4) is 11.6 Å². The van der Waals surface area contributed by atoms with Crippen LogP contribution in [-0.4, -0.2) is 29.5 Å². The maximum absolute atomic E-state index is 5.81. The summed E-state index contributed by atoms with van der Waals surface area (Å²) < 4.78 is 6.71. The molecule has 4 aromatic heterocycles. The highest BCUT2D eigenvalue weighted by Gasteiger charge is 2.15. The zero-order valence-corrected chi connectivity index (χ0v) is 9.03. The minimum absolute atomic E-state index is 0.231. The Hall–Kier alpha value is -2.90. The molecule has 18 heavy (non-hydrogen) atoms. The molecular weight excluding hydrogens is 234 g/mol. The molecule has 8 nitrogen and oxygen atoms in total. The van der Waals surface area contributed by atoms with Gasteiger partial charge in [0.2, 0.25) is 11.8 Å². The van der Waals surface area contributed by atoms with Crippen molar-refractivity contribution in [2.24, 2.45) is 0 Å². The van der Waals surface area contributed by atoms with E-state index in [1.54, 1.807) is 24.7 Å². The van der Waals surface area contributed by atoms with Crippen molar-refractivity contribution < 1.29 is 4.42 Å². The van der Waals surface area contributed by atoms with Crippen molar-refractivity contribution in [1.82, 2.24) is 29.5 Å². The van der Waals surface area contributed by atoms with Gasteiger partial charge in [-0.05, 0) is 12.1 Å². The predicted octanol–water partition coefficient (Wildman–Crippen LogP) is 0.843. The summed E-state index contributed by atoms with van der Waals surface area (Å²) in [6.07, 6.45) is 3.10. The highest BCUT2D eigenvalue weighted by molar-refractivity contribution is 5.86. The van der Waals surface area contributed by atoms with E-state index in [0.29, 0.717) is 28.4 Å². The van der Waals surface area contributed by atoms with Crippen LogP contribution in [0.1, 0.15) is 0 Å². The summed E-state index contributed by atoms with van der Waals surface area (Å²) in [6, 6.07) is 3.55. The molecule has 0 aliphatic carbocycles. The topological polar surface area (TPSA) is 111 Å². The fourth-order valence-corrected chi connectivity index (χ4v) is 1.84. The third-order valence-electron chi connectivity index (χ3n) is 2.63. The van der Waals surface area contributed by atoms with Crippen LogP contribution in [-0.2, 0) is 0 Å². The highest BCUT2D eigenvalue weighted by Crippen LogP contribution is 2.21. The van der Waals surface area contributed by atoms with Crippen LogP contribution >= 0.6 is 0 Å². The quantitative estimate of drug-likeness (QED) is 0.511. The van der Waals surface area contributed by atoms with Gasteiger partial charge in [-0.25, -0.2) is 9.97 Å². The number of imidazole rings is 1. The molecule has 4 aromatic rings. The number of nitrogens with two attached hydrogens (primary N) is 1. The van der Waals surface area contributed by atoms with E-state index in [1.807, 2.05) is 0 Å². The summed E-state index contributed by atoms with van der Waals surface area (Å²) >= 11 is 0. The lowest BCUT2D eigenvalue weighted by Crippen LogP contribution is -2.02. The molecule has 0 bridgehead atoms. The number of rotatable bonds is 1. The number of nitrogens with one attached hydrogen (secondary N) is 1. The Morgan fingerprint density at radius 3 is 3.11 bits per heavy atom. The standard InChI is InChI=1S/C10H7N7O/c11-10-15-8-6(12-4-13-8)9-14-7(16-17(9)10)5-2-1-3-18-5/h1-4H,(H2,11,15)(H,12,13). The number of nitrogen functional groups attached to an aromatic ring is 1. The molecule has 88 valence electrons. The molecule has 4 rings (SSSR count). The summed E-state index contributed by atoms with van der Waals surface area (Å²) in [7, 11) is 0. The van der Waals surface area contributed by atoms with Crippen molar-refractivity contribution in [1.29, 1.82) is 0 Å². The van der Waals surface area contributed by atoms with E-state index in [9.17, 15) is 0 Å². The highest BCUT2D eigenvalue weighted by atomic mass is 16.3.